The second-order valence-electron chi connectivity index (χ2n) is 6.55. The predicted molar refractivity (Wildman–Crippen MR) is 81.5 cm³/mol. The van der Waals surface area contributed by atoms with Crippen molar-refractivity contribution in [3.8, 4) is 0 Å². The summed E-state index contributed by atoms with van der Waals surface area (Å²) in [6.07, 6.45) is 1.42. The van der Waals surface area contributed by atoms with Crippen LogP contribution in [0.5, 0.6) is 0 Å². The molecular weight excluding hydrogens is 268 g/mol. The summed E-state index contributed by atoms with van der Waals surface area (Å²) in [4.78, 5) is 25.6. The number of aromatic carboxylic acids is 1. The molecule has 0 aliphatic carbocycles. The number of carboxylic acid groups (broad SMARTS) is 1. The molecule has 0 bridgehead atoms. The maximum absolute atomic E-state index is 12.6. The second kappa shape index (κ2) is 5.48. The highest BCUT2D eigenvalue weighted by Gasteiger charge is 2.34. The van der Waals surface area contributed by atoms with Gasteiger partial charge in [0.25, 0.3) is 0 Å². The molecule has 0 spiro atoms. The molecule has 1 aromatic rings. The third-order valence-electron chi connectivity index (χ3n) is 3.95. The van der Waals surface area contributed by atoms with Gasteiger partial charge in [-0.15, -0.1) is 0 Å². The van der Waals surface area contributed by atoms with Gasteiger partial charge in [0.1, 0.15) is 0 Å². The van der Waals surface area contributed by atoms with Crippen LogP contribution in [0, 0.1) is 5.41 Å². The number of nitrogens with zero attached hydrogens (tertiary/aromatic N) is 1. The Morgan fingerprint density at radius 3 is 2.57 bits per heavy atom. The van der Waals surface area contributed by atoms with E-state index in [0.29, 0.717) is 18.7 Å². The van der Waals surface area contributed by atoms with Crippen LogP contribution >= 0.6 is 0 Å². The number of amides is 1. The SMILES string of the molecule is CC(C)(C)[C@@H](N)C(=O)N1CCCc2c(C(=O)O)cccc21. The van der Waals surface area contributed by atoms with Crippen LogP contribution in [0.1, 0.15) is 43.1 Å². The standard InChI is InChI=1S/C16H22N2O3/c1-16(2,3)13(17)14(19)18-9-5-7-10-11(15(20)21)6-4-8-12(10)18/h4,6,8,13H,5,7,9,17H2,1-3H3,(H,20,21)/t13-/m0/s1. The Kier molecular flexibility index (Phi) is 4.05. The van der Waals surface area contributed by atoms with E-state index in [1.54, 1.807) is 23.1 Å². The number of carbonyl (C=O) groups is 2. The second-order valence-corrected chi connectivity index (χ2v) is 6.55. The maximum atomic E-state index is 12.6. The summed E-state index contributed by atoms with van der Waals surface area (Å²) in [5.41, 5.74) is 7.42. The smallest absolute Gasteiger partial charge is 0.336 e. The van der Waals surface area contributed by atoms with E-state index in [4.69, 9.17) is 5.73 Å². The number of hydrogen-bond donors (Lipinski definition) is 2. The molecule has 1 aliphatic heterocycles. The molecule has 1 aromatic carbocycles. The highest BCUT2D eigenvalue weighted by molar-refractivity contribution is 6.00. The molecule has 0 saturated carbocycles. The van der Waals surface area contributed by atoms with Gasteiger partial charge in [-0.3, -0.25) is 4.79 Å². The quantitative estimate of drug-likeness (QED) is 0.873. The van der Waals surface area contributed by atoms with Crippen molar-refractivity contribution in [1.82, 2.24) is 0 Å². The molecule has 1 atom stereocenters. The summed E-state index contributed by atoms with van der Waals surface area (Å²) in [5.74, 6) is -1.10. The minimum atomic E-state index is -0.957. The van der Waals surface area contributed by atoms with E-state index in [1.165, 1.54) is 0 Å². The van der Waals surface area contributed by atoms with E-state index >= 15 is 0 Å². The van der Waals surface area contributed by atoms with Crippen molar-refractivity contribution in [2.24, 2.45) is 11.1 Å². The molecule has 0 radical (unpaired) electrons. The predicted octanol–water partition coefficient (Wildman–Crippen LogP) is 2.04. The fourth-order valence-electron chi connectivity index (χ4n) is 2.59. The monoisotopic (exact) mass is 290 g/mol. The first-order valence-corrected chi connectivity index (χ1v) is 7.15. The Bertz CT molecular complexity index is 575. The number of anilines is 1. The number of fused-ring (bicyclic) bond motifs is 1. The number of benzene rings is 1. The van der Waals surface area contributed by atoms with E-state index in [9.17, 15) is 14.7 Å². The van der Waals surface area contributed by atoms with Gasteiger partial charge in [0, 0.05) is 12.2 Å². The number of hydrogen-bond acceptors (Lipinski definition) is 3. The Morgan fingerprint density at radius 1 is 1.33 bits per heavy atom. The van der Waals surface area contributed by atoms with Crippen LogP contribution in [0.3, 0.4) is 0 Å². The molecule has 0 saturated heterocycles. The topological polar surface area (TPSA) is 83.6 Å². The van der Waals surface area contributed by atoms with Gasteiger partial charge >= 0.3 is 5.97 Å². The van der Waals surface area contributed by atoms with Gasteiger partial charge in [0.15, 0.2) is 0 Å². The van der Waals surface area contributed by atoms with E-state index < -0.39 is 12.0 Å². The van der Waals surface area contributed by atoms with Crippen LogP contribution in [-0.2, 0) is 11.2 Å². The first-order chi connectivity index (χ1) is 9.73. The third kappa shape index (κ3) is 2.93. The molecule has 5 heteroatoms. The zero-order valence-electron chi connectivity index (χ0n) is 12.7. The van der Waals surface area contributed by atoms with Crippen molar-refractivity contribution in [3.05, 3.63) is 29.3 Å². The van der Waals surface area contributed by atoms with Gasteiger partial charge in [-0.05, 0) is 36.0 Å². The molecule has 1 amide bonds. The Balaban J connectivity index is 2.42. The first-order valence-electron chi connectivity index (χ1n) is 7.15. The highest BCUT2D eigenvalue weighted by Crippen LogP contribution is 2.31. The zero-order valence-corrected chi connectivity index (χ0v) is 12.7. The van der Waals surface area contributed by atoms with Crippen LogP contribution in [0.25, 0.3) is 0 Å². The molecular formula is C16H22N2O3. The fraction of sp³-hybridized carbons (Fsp3) is 0.500. The van der Waals surface area contributed by atoms with Crippen LogP contribution in [0.15, 0.2) is 18.2 Å². The number of rotatable bonds is 2. The number of carboxylic acids is 1. The van der Waals surface area contributed by atoms with Crippen molar-refractivity contribution >= 4 is 17.6 Å². The molecule has 3 N–H and O–H groups in total. The highest BCUT2D eigenvalue weighted by atomic mass is 16.4. The van der Waals surface area contributed by atoms with Crippen LogP contribution in [0.4, 0.5) is 5.69 Å². The Labute approximate surface area is 124 Å². The summed E-state index contributed by atoms with van der Waals surface area (Å²) < 4.78 is 0. The number of carbonyl (C=O) groups excluding carboxylic acids is 1. The average molecular weight is 290 g/mol. The lowest BCUT2D eigenvalue weighted by molar-refractivity contribution is -0.122. The Morgan fingerprint density at radius 2 is 2.00 bits per heavy atom. The molecule has 2 rings (SSSR count). The van der Waals surface area contributed by atoms with E-state index in [-0.39, 0.29) is 16.9 Å². The minimum Gasteiger partial charge on any atom is -0.478 e. The largest absolute Gasteiger partial charge is 0.478 e. The molecule has 1 aliphatic rings. The molecule has 0 fully saturated rings. The molecule has 114 valence electrons. The van der Waals surface area contributed by atoms with Crippen LogP contribution in [-0.4, -0.2) is 29.6 Å². The van der Waals surface area contributed by atoms with Crippen LogP contribution in [0.2, 0.25) is 0 Å². The average Bonchev–Trinajstić information content (AvgIpc) is 2.43. The lowest BCUT2D eigenvalue weighted by Crippen LogP contribution is -2.52. The van der Waals surface area contributed by atoms with Crippen molar-refractivity contribution in [3.63, 3.8) is 0 Å². The molecule has 0 unspecified atom stereocenters. The molecule has 21 heavy (non-hydrogen) atoms. The lowest BCUT2D eigenvalue weighted by Gasteiger charge is -2.35. The lowest BCUT2D eigenvalue weighted by atomic mass is 9.85. The molecule has 0 aromatic heterocycles. The van der Waals surface area contributed by atoms with Gasteiger partial charge in [-0.25, -0.2) is 4.79 Å². The third-order valence-corrected chi connectivity index (χ3v) is 3.95. The van der Waals surface area contributed by atoms with Gasteiger partial charge in [0.05, 0.1) is 11.6 Å². The van der Waals surface area contributed by atoms with Gasteiger partial charge < -0.3 is 15.7 Å². The summed E-state index contributed by atoms with van der Waals surface area (Å²) in [6, 6.07) is 4.45. The van der Waals surface area contributed by atoms with Gasteiger partial charge in [-0.2, -0.15) is 0 Å². The van der Waals surface area contributed by atoms with Gasteiger partial charge in [0.2, 0.25) is 5.91 Å². The van der Waals surface area contributed by atoms with Crippen molar-refractivity contribution < 1.29 is 14.7 Å². The Hall–Kier alpha value is -1.88. The maximum Gasteiger partial charge on any atom is 0.336 e. The van der Waals surface area contributed by atoms with Crippen molar-refractivity contribution in [2.45, 2.75) is 39.7 Å². The van der Waals surface area contributed by atoms with E-state index in [2.05, 4.69) is 0 Å². The van der Waals surface area contributed by atoms with Crippen molar-refractivity contribution in [2.75, 3.05) is 11.4 Å². The van der Waals surface area contributed by atoms with Gasteiger partial charge in [-0.1, -0.05) is 26.8 Å². The molecule has 1 heterocycles. The fourth-order valence-corrected chi connectivity index (χ4v) is 2.59. The minimum absolute atomic E-state index is 0.147. The zero-order chi connectivity index (χ0) is 15.8. The molecule has 5 nitrogen and oxygen atoms in total. The summed E-state index contributed by atoms with van der Waals surface area (Å²) in [5, 5.41) is 9.28. The number of nitrogens with two attached hydrogens (primary N) is 1. The van der Waals surface area contributed by atoms with Crippen LogP contribution < -0.4 is 10.6 Å². The van der Waals surface area contributed by atoms with Crippen molar-refractivity contribution in [1.29, 1.82) is 0 Å². The summed E-state index contributed by atoms with van der Waals surface area (Å²) >= 11 is 0. The normalized spacial score (nSPS) is 16.3. The summed E-state index contributed by atoms with van der Waals surface area (Å²) in [7, 11) is 0. The first kappa shape index (κ1) is 15.5. The van der Waals surface area contributed by atoms with E-state index in [1.807, 2.05) is 20.8 Å². The summed E-state index contributed by atoms with van der Waals surface area (Å²) in [6.45, 7) is 6.36. The van der Waals surface area contributed by atoms with E-state index in [0.717, 1.165) is 12.0 Å².